The lowest BCUT2D eigenvalue weighted by Gasteiger charge is -2.32. The van der Waals surface area contributed by atoms with Crippen molar-refractivity contribution < 1.29 is 14.7 Å². The summed E-state index contributed by atoms with van der Waals surface area (Å²) >= 11 is 0. The summed E-state index contributed by atoms with van der Waals surface area (Å²) in [5.41, 5.74) is 0. The van der Waals surface area contributed by atoms with E-state index in [0.29, 0.717) is 31.6 Å². The highest BCUT2D eigenvalue weighted by Gasteiger charge is 2.35. The zero-order valence-corrected chi connectivity index (χ0v) is 14.1. The highest BCUT2D eigenvalue weighted by atomic mass is 16.3. The van der Waals surface area contributed by atoms with Crippen LogP contribution < -0.4 is 0 Å². The number of aliphatic hydroxyl groups excluding tert-OH is 1. The number of β-amino-alcohol motifs (C(OH)–C–C–N with tert-alkyl or cyclic N) is 1. The number of carbonyl (C=O) groups is 2. The second kappa shape index (κ2) is 7.18. The molecule has 6 heteroatoms. The lowest BCUT2D eigenvalue weighted by atomic mass is 10.2. The lowest BCUT2D eigenvalue weighted by Crippen LogP contribution is -2.47. The fourth-order valence-electron chi connectivity index (χ4n) is 3.97. The Morgan fingerprint density at radius 3 is 2.65 bits per heavy atom. The van der Waals surface area contributed by atoms with E-state index >= 15 is 0 Å². The van der Waals surface area contributed by atoms with Gasteiger partial charge in [-0.1, -0.05) is 0 Å². The molecule has 0 aromatic carbocycles. The summed E-state index contributed by atoms with van der Waals surface area (Å²) < 4.78 is 0. The quantitative estimate of drug-likeness (QED) is 0.739. The number of hydrogen-bond acceptors (Lipinski definition) is 4. The van der Waals surface area contributed by atoms with Crippen molar-refractivity contribution in [2.75, 3.05) is 32.7 Å². The summed E-state index contributed by atoms with van der Waals surface area (Å²) in [4.78, 5) is 29.6. The first-order chi connectivity index (χ1) is 11.0. The topological polar surface area (TPSA) is 64.1 Å². The highest BCUT2D eigenvalue weighted by Crippen LogP contribution is 2.29. The minimum absolute atomic E-state index is 0.165. The van der Waals surface area contributed by atoms with E-state index in [9.17, 15) is 14.7 Å². The molecule has 3 rings (SSSR count). The molecule has 0 aromatic rings. The maximum Gasteiger partial charge on any atom is 0.222 e. The van der Waals surface area contributed by atoms with Gasteiger partial charge in [0.2, 0.25) is 11.8 Å². The fourth-order valence-corrected chi connectivity index (χ4v) is 3.97. The smallest absolute Gasteiger partial charge is 0.222 e. The molecular formula is C17H29N3O3. The number of carbonyl (C=O) groups excluding carboxylic acids is 2. The molecule has 2 saturated heterocycles. The minimum Gasteiger partial charge on any atom is -0.390 e. The summed E-state index contributed by atoms with van der Waals surface area (Å²) in [6.07, 6.45) is 5.51. The molecule has 1 saturated carbocycles. The number of hydrogen-bond donors (Lipinski definition) is 1. The molecule has 2 amide bonds. The Bertz CT molecular complexity index is 452. The molecule has 0 spiro atoms. The van der Waals surface area contributed by atoms with E-state index in [1.807, 2.05) is 4.90 Å². The van der Waals surface area contributed by atoms with Gasteiger partial charge in [-0.05, 0) is 38.6 Å². The Balaban J connectivity index is 1.49. The second-order valence-corrected chi connectivity index (χ2v) is 7.29. The van der Waals surface area contributed by atoms with Crippen molar-refractivity contribution in [2.24, 2.45) is 0 Å². The first-order valence-corrected chi connectivity index (χ1v) is 9.01. The Morgan fingerprint density at radius 2 is 2.04 bits per heavy atom. The summed E-state index contributed by atoms with van der Waals surface area (Å²) in [6.45, 7) is 5.25. The number of aliphatic hydroxyl groups is 1. The molecule has 23 heavy (non-hydrogen) atoms. The van der Waals surface area contributed by atoms with Crippen LogP contribution >= 0.6 is 0 Å². The minimum atomic E-state index is -0.496. The van der Waals surface area contributed by atoms with Crippen molar-refractivity contribution >= 4 is 11.8 Å². The maximum absolute atomic E-state index is 11.8. The summed E-state index contributed by atoms with van der Waals surface area (Å²) in [5.74, 6) is 0.334. The van der Waals surface area contributed by atoms with Crippen molar-refractivity contribution in [1.82, 2.24) is 14.7 Å². The molecule has 3 fully saturated rings. The Hall–Kier alpha value is -1.14. The highest BCUT2D eigenvalue weighted by molar-refractivity contribution is 5.78. The molecule has 2 atom stereocenters. The van der Waals surface area contributed by atoms with Crippen LogP contribution in [0, 0.1) is 0 Å². The first kappa shape index (κ1) is 16.7. The zero-order valence-electron chi connectivity index (χ0n) is 14.1. The molecule has 1 aliphatic carbocycles. The van der Waals surface area contributed by atoms with Gasteiger partial charge in [-0.2, -0.15) is 0 Å². The maximum atomic E-state index is 11.8. The largest absolute Gasteiger partial charge is 0.390 e. The van der Waals surface area contributed by atoms with Crippen LogP contribution in [0.4, 0.5) is 0 Å². The van der Waals surface area contributed by atoms with Crippen molar-refractivity contribution in [3.05, 3.63) is 0 Å². The summed E-state index contributed by atoms with van der Waals surface area (Å²) in [7, 11) is 0. The third-order valence-corrected chi connectivity index (χ3v) is 5.35. The second-order valence-electron chi connectivity index (χ2n) is 7.29. The Morgan fingerprint density at radius 1 is 1.26 bits per heavy atom. The van der Waals surface area contributed by atoms with Gasteiger partial charge in [0.25, 0.3) is 0 Å². The third kappa shape index (κ3) is 4.23. The van der Waals surface area contributed by atoms with Gasteiger partial charge in [0.05, 0.1) is 6.10 Å². The average Bonchev–Trinajstić information content (AvgIpc) is 3.12. The van der Waals surface area contributed by atoms with Gasteiger partial charge in [0.15, 0.2) is 0 Å². The van der Waals surface area contributed by atoms with Crippen molar-refractivity contribution in [2.45, 2.75) is 63.6 Å². The van der Waals surface area contributed by atoms with Gasteiger partial charge in [-0.15, -0.1) is 0 Å². The van der Waals surface area contributed by atoms with Crippen LogP contribution in [0.15, 0.2) is 0 Å². The van der Waals surface area contributed by atoms with Crippen LogP contribution in [0.1, 0.15) is 45.4 Å². The van der Waals surface area contributed by atoms with Crippen LogP contribution in [0.5, 0.6) is 0 Å². The van der Waals surface area contributed by atoms with Crippen LogP contribution in [0.2, 0.25) is 0 Å². The van der Waals surface area contributed by atoms with Crippen molar-refractivity contribution in [3.63, 3.8) is 0 Å². The van der Waals surface area contributed by atoms with Gasteiger partial charge in [0.1, 0.15) is 0 Å². The molecule has 130 valence electrons. The summed E-state index contributed by atoms with van der Waals surface area (Å²) in [6, 6.07) is 0.797. The van der Waals surface area contributed by atoms with Gasteiger partial charge >= 0.3 is 0 Å². The molecule has 1 N–H and O–H groups in total. The van der Waals surface area contributed by atoms with Crippen LogP contribution in [-0.4, -0.2) is 82.5 Å². The van der Waals surface area contributed by atoms with Crippen LogP contribution in [0.25, 0.3) is 0 Å². The van der Waals surface area contributed by atoms with Crippen LogP contribution in [0.3, 0.4) is 0 Å². The monoisotopic (exact) mass is 323 g/mol. The van der Waals surface area contributed by atoms with E-state index in [4.69, 9.17) is 0 Å². The van der Waals surface area contributed by atoms with Gasteiger partial charge < -0.3 is 14.9 Å². The molecule has 0 aromatic heterocycles. The number of likely N-dealkylation sites (tertiary alicyclic amines) is 2. The molecule has 0 bridgehead atoms. The molecule has 6 nitrogen and oxygen atoms in total. The molecular weight excluding hydrogens is 294 g/mol. The summed E-state index contributed by atoms with van der Waals surface area (Å²) in [5, 5.41) is 10.4. The number of rotatable bonds is 7. The predicted molar refractivity (Wildman–Crippen MR) is 86.8 cm³/mol. The molecule has 2 heterocycles. The van der Waals surface area contributed by atoms with E-state index in [1.54, 1.807) is 11.8 Å². The van der Waals surface area contributed by atoms with Gasteiger partial charge in [-0.3, -0.25) is 14.5 Å². The van der Waals surface area contributed by atoms with E-state index in [0.717, 1.165) is 51.7 Å². The fraction of sp³-hybridized carbons (Fsp3) is 0.882. The van der Waals surface area contributed by atoms with Gasteiger partial charge in [-0.25, -0.2) is 0 Å². The SMILES string of the molecule is CC(=O)N(C[C@@H]1CCCN1C[C@@H](O)CN1CCCC1=O)C1CC1. The van der Waals surface area contributed by atoms with Crippen molar-refractivity contribution in [1.29, 1.82) is 0 Å². The Kier molecular flexibility index (Phi) is 5.21. The zero-order chi connectivity index (χ0) is 16.4. The molecule has 3 aliphatic rings. The predicted octanol–water partition coefficient (Wildman–Crippen LogP) is 0.445. The molecule has 2 aliphatic heterocycles. The Labute approximate surface area is 138 Å². The van der Waals surface area contributed by atoms with E-state index in [1.165, 1.54) is 0 Å². The normalized spacial score (nSPS) is 26.8. The molecule has 0 unspecified atom stereocenters. The van der Waals surface area contributed by atoms with E-state index < -0.39 is 6.10 Å². The van der Waals surface area contributed by atoms with E-state index in [-0.39, 0.29) is 11.8 Å². The van der Waals surface area contributed by atoms with Gasteiger partial charge in [0, 0.05) is 51.6 Å². The number of nitrogens with zero attached hydrogens (tertiary/aromatic N) is 3. The van der Waals surface area contributed by atoms with E-state index in [2.05, 4.69) is 4.90 Å². The standard InChI is InChI=1S/C17H29N3O3/c1-13(21)20(14-6-7-14)10-15-4-2-8-18(15)11-16(22)12-19-9-3-5-17(19)23/h14-16,22H,2-12H2,1H3/t15-,16+/m0/s1. The first-order valence-electron chi connectivity index (χ1n) is 9.01. The third-order valence-electron chi connectivity index (χ3n) is 5.35. The van der Waals surface area contributed by atoms with Crippen molar-refractivity contribution in [3.8, 4) is 0 Å². The number of amides is 2. The lowest BCUT2D eigenvalue weighted by molar-refractivity contribution is -0.131. The molecule has 0 radical (unpaired) electrons. The van der Waals surface area contributed by atoms with Crippen LogP contribution in [-0.2, 0) is 9.59 Å². The average molecular weight is 323 g/mol.